The molecule has 0 radical (unpaired) electrons. The molecule has 8 heteroatoms. The third kappa shape index (κ3) is 4.37. The summed E-state index contributed by atoms with van der Waals surface area (Å²) in [7, 11) is 0. The number of urea groups is 1. The summed E-state index contributed by atoms with van der Waals surface area (Å²) in [6.45, 7) is 3.52. The number of anilines is 1. The predicted molar refractivity (Wildman–Crippen MR) is 106 cm³/mol. The molecule has 2 aliphatic rings. The van der Waals surface area contributed by atoms with Crippen molar-refractivity contribution in [3.8, 4) is 17.2 Å². The fraction of sp³-hybridized carbons (Fsp3) is 0.333. The molecular formula is C21H23N3O5. The van der Waals surface area contributed by atoms with E-state index in [9.17, 15) is 9.59 Å². The number of ether oxygens (including phenoxy) is 3. The van der Waals surface area contributed by atoms with Crippen molar-refractivity contribution < 1.29 is 23.8 Å². The average Bonchev–Trinajstić information content (AvgIpc) is 3.33. The number of hydrogen-bond acceptors (Lipinski definition) is 5. The number of hydrogen-bond donors (Lipinski definition) is 2. The van der Waals surface area contributed by atoms with Crippen molar-refractivity contribution >= 4 is 17.6 Å². The second kappa shape index (κ2) is 8.30. The second-order valence-corrected chi connectivity index (χ2v) is 6.85. The number of rotatable bonds is 6. The largest absolute Gasteiger partial charge is 0.494 e. The van der Waals surface area contributed by atoms with Crippen molar-refractivity contribution in [2.45, 2.75) is 25.9 Å². The topological polar surface area (TPSA) is 89.1 Å². The van der Waals surface area contributed by atoms with Crippen LogP contribution in [0.15, 0.2) is 42.5 Å². The Labute approximate surface area is 168 Å². The van der Waals surface area contributed by atoms with Crippen LogP contribution in [0.3, 0.4) is 0 Å². The molecule has 0 aliphatic carbocycles. The number of benzene rings is 2. The van der Waals surface area contributed by atoms with Crippen LogP contribution >= 0.6 is 0 Å². The van der Waals surface area contributed by atoms with Crippen molar-refractivity contribution in [1.82, 2.24) is 10.6 Å². The molecule has 8 nitrogen and oxygen atoms in total. The van der Waals surface area contributed by atoms with Gasteiger partial charge in [0.15, 0.2) is 11.5 Å². The average molecular weight is 397 g/mol. The molecule has 3 amide bonds. The quantitative estimate of drug-likeness (QED) is 0.782. The minimum absolute atomic E-state index is 0.0183. The molecule has 2 aliphatic heterocycles. The smallest absolute Gasteiger partial charge is 0.315 e. The number of nitrogens with zero attached hydrogens (tertiary/aromatic N) is 1. The standard InChI is InChI=1S/C21H23N3O5/c1-2-27-17-6-4-16(5-7-17)24-12-15(10-20(24)25)23-21(26)22-11-14-3-8-18-19(9-14)29-13-28-18/h3-9,15H,2,10-13H2,1H3,(H2,22,23,26)/t15-/m0/s1. The Bertz CT molecular complexity index is 900. The van der Waals surface area contributed by atoms with Gasteiger partial charge in [-0.15, -0.1) is 0 Å². The third-order valence-electron chi connectivity index (χ3n) is 4.81. The van der Waals surface area contributed by atoms with Crippen LogP contribution in [0, 0.1) is 0 Å². The van der Waals surface area contributed by atoms with Gasteiger partial charge in [0.2, 0.25) is 12.7 Å². The van der Waals surface area contributed by atoms with E-state index in [1.54, 1.807) is 4.90 Å². The third-order valence-corrected chi connectivity index (χ3v) is 4.81. The van der Waals surface area contributed by atoms with Crippen molar-refractivity contribution in [3.63, 3.8) is 0 Å². The van der Waals surface area contributed by atoms with Crippen LogP contribution < -0.4 is 29.7 Å². The van der Waals surface area contributed by atoms with Crippen molar-refractivity contribution in [1.29, 1.82) is 0 Å². The van der Waals surface area contributed by atoms with Gasteiger partial charge in [0.1, 0.15) is 5.75 Å². The minimum Gasteiger partial charge on any atom is -0.494 e. The van der Waals surface area contributed by atoms with Crippen molar-refractivity contribution in [2.75, 3.05) is 24.8 Å². The van der Waals surface area contributed by atoms with E-state index >= 15 is 0 Å². The fourth-order valence-corrected chi connectivity index (χ4v) is 3.41. The molecule has 1 saturated heterocycles. The zero-order chi connectivity index (χ0) is 20.2. The van der Waals surface area contributed by atoms with Gasteiger partial charge in [0.25, 0.3) is 0 Å². The molecule has 2 aromatic rings. The summed E-state index contributed by atoms with van der Waals surface area (Å²) in [4.78, 5) is 26.3. The van der Waals surface area contributed by atoms with Crippen LogP contribution in [0.2, 0.25) is 0 Å². The molecule has 0 saturated carbocycles. The summed E-state index contributed by atoms with van der Waals surface area (Å²) in [5, 5.41) is 5.69. The van der Waals surface area contributed by atoms with Gasteiger partial charge in [-0.2, -0.15) is 0 Å². The maximum atomic E-state index is 12.4. The Balaban J connectivity index is 1.28. The number of amides is 3. The van der Waals surface area contributed by atoms with Gasteiger partial charge in [-0.25, -0.2) is 4.79 Å². The molecule has 1 fully saturated rings. The molecule has 2 N–H and O–H groups in total. The lowest BCUT2D eigenvalue weighted by molar-refractivity contribution is -0.117. The van der Waals surface area contributed by atoms with E-state index in [0.29, 0.717) is 31.2 Å². The van der Waals surface area contributed by atoms with Crippen LogP contribution in [0.4, 0.5) is 10.5 Å². The predicted octanol–water partition coefficient (Wildman–Crippen LogP) is 2.42. The fourth-order valence-electron chi connectivity index (χ4n) is 3.41. The van der Waals surface area contributed by atoms with E-state index in [1.165, 1.54) is 0 Å². The highest BCUT2D eigenvalue weighted by Crippen LogP contribution is 2.32. The van der Waals surface area contributed by atoms with Gasteiger partial charge in [0, 0.05) is 25.2 Å². The van der Waals surface area contributed by atoms with Gasteiger partial charge >= 0.3 is 6.03 Å². The highest BCUT2D eigenvalue weighted by molar-refractivity contribution is 5.96. The van der Waals surface area contributed by atoms with E-state index in [4.69, 9.17) is 14.2 Å². The molecule has 0 unspecified atom stereocenters. The van der Waals surface area contributed by atoms with E-state index in [2.05, 4.69) is 10.6 Å². The lowest BCUT2D eigenvalue weighted by Gasteiger charge is -2.18. The first-order chi connectivity index (χ1) is 14.1. The van der Waals surface area contributed by atoms with Crippen molar-refractivity contribution in [2.24, 2.45) is 0 Å². The summed E-state index contributed by atoms with van der Waals surface area (Å²) >= 11 is 0. The summed E-state index contributed by atoms with van der Waals surface area (Å²) in [6.07, 6.45) is 0.269. The molecule has 1 atom stereocenters. The molecular weight excluding hydrogens is 374 g/mol. The molecule has 4 rings (SSSR count). The minimum atomic E-state index is -0.311. The first kappa shape index (κ1) is 18.9. The van der Waals surface area contributed by atoms with E-state index in [-0.39, 0.29) is 31.2 Å². The maximum Gasteiger partial charge on any atom is 0.315 e. The highest BCUT2D eigenvalue weighted by atomic mass is 16.7. The molecule has 0 spiro atoms. The molecule has 0 aromatic heterocycles. The summed E-state index contributed by atoms with van der Waals surface area (Å²) in [6, 6.07) is 12.4. The zero-order valence-electron chi connectivity index (χ0n) is 16.1. The first-order valence-electron chi connectivity index (χ1n) is 9.58. The number of carbonyl (C=O) groups excluding carboxylic acids is 2. The van der Waals surface area contributed by atoms with Crippen LogP contribution in [-0.4, -0.2) is 37.9 Å². The Kier molecular flexibility index (Phi) is 5.41. The Morgan fingerprint density at radius 3 is 2.76 bits per heavy atom. The van der Waals surface area contributed by atoms with Gasteiger partial charge in [-0.3, -0.25) is 4.79 Å². The Morgan fingerprint density at radius 2 is 1.97 bits per heavy atom. The molecule has 2 heterocycles. The van der Waals surface area contributed by atoms with Crippen LogP contribution in [0.1, 0.15) is 18.9 Å². The lowest BCUT2D eigenvalue weighted by atomic mass is 10.2. The van der Waals surface area contributed by atoms with Crippen molar-refractivity contribution in [3.05, 3.63) is 48.0 Å². The van der Waals surface area contributed by atoms with Gasteiger partial charge < -0.3 is 29.7 Å². The monoisotopic (exact) mass is 397 g/mol. The van der Waals surface area contributed by atoms with Crippen LogP contribution in [-0.2, 0) is 11.3 Å². The highest BCUT2D eigenvalue weighted by Gasteiger charge is 2.31. The lowest BCUT2D eigenvalue weighted by Crippen LogP contribution is -2.43. The number of fused-ring (bicyclic) bond motifs is 1. The summed E-state index contributed by atoms with van der Waals surface area (Å²) in [5.41, 5.74) is 1.70. The molecule has 29 heavy (non-hydrogen) atoms. The normalized spacial score (nSPS) is 17.3. The number of nitrogens with one attached hydrogen (secondary N) is 2. The molecule has 0 bridgehead atoms. The van der Waals surface area contributed by atoms with Crippen LogP contribution in [0.25, 0.3) is 0 Å². The Hall–Kier alpha value is -3.42. The summed E-state index contributed by atoms with van der Waals surface area (Å²) < 4.78 is 16.0. The van der Waals surface area contributed by atoms with Crippen LogP contribution in [0.5, 0.6) is 17.2 Å². The first-order valence-corrected chi connectivity index (χ1v) is 9.58. The van der Waals surface area contributed by atoms with Gasteiger partial charge in [0.05, 0.1) is 12.6 Å². The molecule has 2 aromatic carbocycles. The van der Waals surface area contributed by atoms with Gasteiger partial charge in [-0.05, 0) is 48.9 Å². The molecule has 152 valence electrons. The van der Waals surface area contributed by atoms with E-state index in [1.807, 2.05) is 49.4 Å². The van der Waals surface area contributed by atoms with E-state index < -0.39 is 0 Å². The summed E-state index contributed by atoms with van der Waals surface area (Å²) in [5.74, 6) is 2.13. The Morgan fingerprint density at radius 1 is 1.17 bits per heavy atom. The second-order valence-electron chi connectivity index (χ2n) is 6.85. The maximum absolute atomic E-state index is 12.4. The van der Waals surface area contributed by atoms with E-state index in [0.717, 1.165) is 17.0 Å². The zero-order valence-corrected chi connectivity index (χ0v) is 16.1. The SMILES string of the molecule is CCOc1ccc(N2C[C@@H](NC(=O)NCc3ccc4c(c3)OCO4)CC2=O)cc1. The number of carbonyl (C=O) groups is 2. The van der Waals surface area contributed by atoms with Gasteiger partial charge in [-0.1, -0.05) is 6.07 Å².